The fraction of sp³-hybridized carbons (Fsp3) is 0.409. The van der Waals surface area contributed by atoms with Crippen LogP contribution < -0.4 is 10.2 Å². The smallest absolute Gasteiger partial charge is 0.322 e. The summed E-state index contributed by atoms with van der Waals surface area (Å²) in [6.45, 7) is 3.54. The van der Waals surface area contributed by atoms with Crippen molar-refractivity contribution >= 4 is 23.1 Å². The van der Waals surface area contributed by atoms with Gasteiger partial charge in [0.2, 0.25) is 0 Å². The molecule has 4 rings (SSSR count). The number of carbonyl (C=O) groups excluding carboxylic acids is 1. The van der Waals surface area contributed by atoms with Gasteiger partial charge in [-0.05, 0) is 44.3 Å². The van der Waals surface area contributed by atoms with Crippen molar-refractivity contribution in [1.29, 1.82) is 0 Å². The van der Waals surface area contributed by atoms with Crippen LogP contribution in [-0.2, 0) is 11.2 Å². The van der Waals surface area contributed by atoms with Crippen molar-refractivity contribution < 1.29 is 9.53 Å². The van der Waals surface area contributed by atoms with Crippen LogP contribution >= 0.6 is 0 Å². The second kappa shape index (κ2) is 8.20. The first-order chi connectivity index (χ1) is 13.6. The number of nitrogens with one attached hydrogen (secondary N) is 1. The molecule has 0 radical (unpaired) electrons. The highest BCUT2D eigenvalue weighted by molar-refractivity contribution is 5.94. The predicted molar refractivity (Wildman–Crippen MR) is 112 cm³/mol. The molecule has 1 fully saturated rings. The number of likely N-dealkylation sites (N-methyl/N-ethyl adjacent to an activating group) is 1. The molecule has 2 amide bonds. The number of carbonyl (C=O) groups is 1. The highest BCUT2D eigenvalue weighted by Crippen LogP contribution is 2.38. The molecule has 2 aliphatic rings. The summed E-state index contributed by atoms with van der Waals surface area (Å²) in [6.07, 6.45) is 1.07. The number of hydrogen-bond acceptors (Lipinski definition) is 4. The van der Waals surface area contributed by atoms with Crippen molar-refractivity contribution in [1.82, 2.24) is 9.80 Å². The summed E-state index contributed by atoms with van der Waals surface area (Å²) < 4.78 is 5.79. The molecular weight excluding hydrogens is 352 g/mol. The van der Waals surface area contributed by atoms with E-state index in [0.29, 0.717) is 19.7 Å². The number of anilines is 3. The average Bonchev–Trinajstić information content (AvgIpc) is 3.12. The molecule has 2 aromatic rings. The lowest BCUT2D eigenvalue weighted by Crippen LogP contribution is -2.50. The van der Waals surface area contributed by atoms with E-state index in [2.05, 4.69) is 45.4 Å². The highest BCUT2D eigenvalue weighted by atomic mass is 16.5. The number of urea groups is 1. The monoisotopic (exact) mass is 380 g/mol. The van der Waals surface area contributed by atoms with E-state index in [1.807, 2.05) is 37.2 Å². The first-order valence-electron chi connectivity index (χ1n) is 9.88. The van der Waals surface area contributed by atoms with Gasteiger partial charge in [-0.2, -0.15) is 0 Å². The van der Waals surface area contributed by atoms with Crippen molar-refractivity contribution in [3.8, 4) is 0 Å². The molecule has 148 valence electrons. The van der Waals surface area contributed by atoms with E-state index in [0.717, 1.165) is 30.9 Å². The Morgan fingerprint density at radius 1 is 1.11 bits per heavy atom. The molecule has 1 N–H and O–H groups in total. The second-order valence-corrected chi connectivity index (χ2v) is 7.68. The molecule has 0 bridgehead atoms. The third kappa shape index (κ3) is 3.98. The van der Waals surface area contributed by atoms with Crippen molar-refractivity contribution in [2.24, 2.45) is 0 Å². The van der Waals surface area contributed by atoms with Crippen molar-refractivity contribution in [3.63, 3.8) is 0 Å². The van der Waals surface area contributed by atoms with Gasteiger partial charge < -0.3 is 24.8 Å². The van der Waals surface area contributed by atoms with E-state index in [9.17, 15) is 4.79 Å². The molecule has 0 saturated carbocycles. The number of fused-ring (bicyclic) bond motifs is 1. The van der Waals surface area contributed by atoms with Crippen LogP contribution in [0.4, 0.5) is 21.9 Å². The molecule has 6 nitrogen and oxygen atoms in total. The van der Waals surface area contributed by atoms with Gasteiger partial charge in [0.05, 0.1) is 24.1 Å². The number of rotatable bonds is 4. The van der Waals surface area contributed by atoms with Gasteiger partial charge >= 0.3 is 6.03 Å². The lowest BCUT2D eigenvalue weighted by Gasteiger charge is -2.34. The minimum absolute atomic E-state index is 0.0511. The maximum absolute atomic E-state index is 12.9. The van der Waals surface area contributed by atoms with Crippen LogP contribution in [0.5, 0.6) is 0 Å². The van der Waals surface area contributed by atoms with E-state index in [1.54, 1.807) is 0 Å². The Balaban J connectivity index is 1.49. The van der Waals surface area contributed by atoms with E-state index in [1.165, 1.54) is 11.3 Å². The molecule has 2 aliphatic heterocycles. The maximum atomic E-state index is 12.9. The van der Waals surface area contributed by atoms with Crippen LogP contribution in [0.25, 0.3) is 0 Å². The minimum atomic E-state index is -0.0630. The second-order valence-electron chi connectivity index (χ2n) is 7.68. The predicted octanol–water partition coefficient (Wildman–Crippen LogP) is 3.18. The number of ether oxygens (including phenoxy) is 1. The Morgan fingerprint density at radius 3 is 2.68 bits per heavy atom. The molecule has 2 heterocycles. The number of morpholine rings is 1. The van der Waals surface area contributed by atoms with Gasteiger partial charge in [0.15, 0.2) is 0 Å². The van der Waals surface area contributed by atoms with Crippen LogP contribution in [0.1, 0.15) is 5.56 Å². The first-order valence-corrected chi connectivity index (χ1v) is 9.88. The summed E-state index contributed by atoms with van der Waals surface area (Å²) in [4.78, 5) is 19.2. The van der Waals surface area contributed by atoms with Gasteiger partial charge in [-0.1, -0.05) is 30.3 Å². The Hall–Kier alpha value is -2.57. The molecule has 1 unspecified atom stereocenters. The van der Waals surface area contributed by atoms with Crippen LogP contribution in [0, 0.1) is 0 Å². The van der Waals surface area contributed by atoms with Crippen molar-refractivity contribution in [2.75, 3.05) is 57.1 Å². The third-order valence-electron chi connectivity index (χ3n) is 5.32. The number of hydrogen-bond donors (Lipinski definition) is 1. The van der Waals surface area contributed by atoms with Crippen LogP contribution in [0.3, 0.4) is 0 Å². The van der Waals surface area contributed by atoms with E-state index in [-0.39, 0.29) is 12.1 Å². The summed E-state index contributed by atoms with van der Waals surface area (Å²) in [5, 5.41) is 3.14. The fourth-order valence-electron chi connectivity index (χ4n) is 4.02. The lowest BCUT2D eigenvalue weighted by molar-refractivity contribution is -0.0228. The molecule has 1 saturated heterocycles. The summed E-state index contributed by atoms with van der Waals surface area (Å²) in [5.74, 6) is 0. The highest BCUT2D eigenvalue weighted by Gasteiger charge is 2.26. The molecule has 0 aliphatic carbocycles. The Bertz CT molecular complexity index is 839. The first kappa shape index (κ1) is 18.8. The Kier molecular flexibility index (Phi) is 5.50. The van der Waals surface area contributed by atoms with Crippen molar-refractivity contribution in [2.45, 2.75) is 12.5 Å². The van der Waals surface area contributed by atoms with Crippen LogP contribution in [0.2, 0.25) is 0 Å². The van der Waals surface area contributed by atoms with Gasteiger partial charge in [0, 0.05) is 31.9 Å². The van der Waals surface area contributed by atoms with E-state index in [4.69, 9.17) is 4.74 Å². The lowest BCUT2D eigenvalue weighted by atomic mass is 10.2. The topological polar surface area (TPSA) is 48.0 Å². The van der Waals surface area contributed by atoms with E-state index >= 15 is 0 Å². The number of amides is 2. The Morgan fingerprint density at radius 2 is 1.86 bits per heavy atom. The number of nitrogens with zero attached hydrogens (tertiary/aromatic N) is 3. The number of benzene rings is 2. The van der Waals surface area contributed by atoms with Gasteiger partial charge in [0.25, 0.3) is 0 Å². The molecule has 0 spiro atoms. The zero-order chi connectivity index (χ0) is 19.5. The largest absolute Gasteiger partial charge is 0.373 e. The maximum Gasteiger partial charge on any atom is 0.322 e. The number of para-hydroxylation sites is 3. The summed E-state index contributed by atoms with van der Waals surface area (Å²) in [6, 6.07) is 16.5. The zero-order valence-electron chi connectivity index (χ0n) is 16.6. The molecule has 2 aromatic carbocycles. The van der Waals surface area contributed by atoms with Gasteiger partial charge in [-0.25, -0.2) is 4.79 Å². The normalized spacial score (nSPS) is 19.0. The molecule has 6 heteroatoms. The van der Waals surface area contributed by atoms with Gasteiger partial charge in [-0.15, -0.1) is 0 Å². The SMILES string of the molecule is CN(C)CC1CN(C(=O)Nc2ccccc2N2CCc3ccccc32)CCO1. The van der Waals surface area contributed by atoms with Crippen LogP contribution in [0.15, 0.2) is 48.5 Å². The minimum Gasteiger partial charge on any atom is -0.373 e. The van der Waals surface area contributed by atoms with Crippen LogP contribution in [-0.4, -0.2) is 68.8 Å². The summed E-state index contributed by atoms with van der Waals surface area (Å²) >= 11 is 0. The molecular formula is C22H28N4O2. The van der Waals surface area contributed by atoms with Gasteiger partial charge in [-0.3, -0.25) is 0 Å². The standard InChI is InChI=1S/C22H28N4O2/c1-24(2)15-18-16-25(13-14-28-18)22(27)23-19-8-4-6-10-21(19)26-12-11-17-7-3-5-9-20(17)26/h3-10,18H,11-16H2,1-2H3,(H,23,27). The third-order valence-corrected chi connectivity index (χ3v) is 5.32. The molecule has 0 aromatic heterocycles. The quantitative estimate of drug-likeness (QED) is 0.885. The van der Waals surface area contributed by atoms with Crippen molar-refractivity contribution in [3.05, 3.63) is 54.1 Å². The summed E-state index contributed by atoms with van der Waals surface area (Å²) in [7, 11) is 4.04. The fourth-order valence-corrected chi connectivity index (χ4v) is 4.02. The average molecular weight is 380 g/mol. The molecule has 28 heavy (non-hydrogen) atoms. The summed E-state index contributed by atoms with van der Waals surface area (Å²) in [5.41, 5.74) is 4.46. The van der Waals surface area contributed by atoms with Gasteiger partial charge in [0.1, 0.15) is 0 Å². The molecule has 1 atom stereocenters. The van der Waals surface area contributed by atoms with E-state index < -0.39 is 0 Å². The zero-order valence-corrected chi connectivity index (χ0v) is 16.6. The Labute approximate surface area is 166 Å².